The van der Waals surface area contributed by atoms with Crippen LogP contribution in [0.15, 0.2) is 109 Å². The molecule has 1 unspecified atom stereocenters. The fourth-order valence-corrected chi connectivity index (χ4v) is 5.68. The minimum atomic E-state index is -0.855. The molecule has 0 aliphatic heterocycles. The summed E-state index contributed by atoms with van der Waals surface area (Å²) in [5, 5.41) is 11.5. The number of aliphatic hydroxyl groups excluding tert-OH is 1. The highest BCUT2D eigenvalue weighted by Gasteiger charge is 2.21. The van der Waals surface area contributed by atoms with Crippen LogP contribution in [0.3, 0.4) is 0 Å². The van der Waals surface area contributed by atoms with Gasteiger partial charge in [0.15, 0.2) is 0 Å². The molecule has 1 aromatic heterocycles. The van der Waals surface area contributed by atoms with E-state index in [1.807, 2.05) is 72.8 Å². The third-order valence-corrected chi connectivity index (χ3v) is 8.35. The molecule has 0 saturated heterocycles. The van der Waals surface area contributed by atoms with E-state index < -0.39 is 18.0 Å². The van der Waals surface area contributed by atoms with Crippen LogP contribution in [0.25, 0.3) is 10.9 Å². The minimum absolute atomic E-state index is 0.0775. The van der Waals surface area contributed by atoms with Gasteiger partial charge in [-0.1, -0.05) is 112 Å². The van der Waals surface area contributed by atoms with E-state index in [4.69, 9.17) is 14.2 Å². The SMILES string of the molecule is CCCCCCCCc1ccc(OCC(O)Cn2cc(C(=O)OCc3ccccc3)c3cc(C(=O)OCc4ccccc4)ccc32)cc1. The molecular weight excluding hydrogens is 602 g/mol. The van der Waals surface area contributed by atoms with Gasteiger partial charge in [-0.2, -0.15) is 0 Å². The van der Waals surface area contributed by atoms with Gasteiger partial charge in [-0.05, 0) is 59.9 Å². The molecule has 1 N–H and O–H groups in total. The van der Waals surface area contributed by atoms with Crippen LogP contribution in [0, 0.1) is 0 Å². The molecule has 4 aromatic carbocycles. The van der Waals surface area contributed by atoms with Crippen LogP contribution in [0.5, 0.6) is 5.75 Å². The van der Waals surface area contributed by atoms with Crippen molar-refractivity contribution >= 4 is 22.8 Å². The van der Waals surface area contributed by atoms with E-state index in [0.29, 0.717) is 27.8 Å². The zero-order valence-corrected chi connectivity index (χ0v) is 27.7. The van der Waals surface area contributed by atoms with Gasteiger partial charge in [-0.25, -0.2) is 9.59 Å². The Kier molecular flexibility index (Phi) is 12.8. The first-order valence-corrected chi connectivity index (χ1v) is 16.9. The maximum absolute atomic E-state index is 13.3. The molecule has 0 aliphatic rings. The monoisotopic (exact) mass is 647 g/mol. The van der Waals surface area contributed by atoms with E-state index in [1.54, 1.807) is 29.0 Å². The molecule has 1 atom stereocenters. The second-order valence-electron chi connectivity index (χ2n) is 12.2. The van der Waals surface area contributed by atoms with Gasteiger partial charge in [0.1, 0.15) is 31.7 Å². The highest BCUT2D eigenvalue weighted by atomic mass is 16.5. The first-order chi connectivity index (χ1) is 23.5. The normalized spacial score (nSPS) is 11.7. The van der Waals surface area contributed by atoms with Gasteiger partial charge < -0.3 is 23.9 Å². The number of aromatic nitrogens is 1. The number of hydrogen-bond donors (Lipinski definition) is 1. The summed E-state index contributed by atoms with van der Waals surface area (Å²) in [5.74, 6) is -0.324. The first-order valence-electron chi connectivity index (χ1n) is 16.9. The van der Waals surface area contributed by atoms with E-state index in [9.17, 15) is 14.7 Å². The largest absolute Gasteiger partial charge is 0.491 e. The van der Waals surface area contributed by atoms with Crippen LogP contribution >= 0.6 is 0 Å². The zero-order valence-electron chi connectivity index (χ0n) is 27.7. The number of aliphatic hydroxyl groups is 1. The lowest BCUT2D eigenvalue weighted by Crippen LogP contribution is -2.23. The number of rotatable bonds is 18. The maximum atomic E-state index is 13.3. The van der Waals surface area contributed by atoms with E-state index >= 15 is 0 Å². The number of nitrogens with zero attached hydrogens (tertiary/aromatic N) is 1. The molecule has 0 bridgehead atoms. The molecule has 0 aliphatic carbocycles. The second kappa shape index (κ2) is 17.9. The van der Waals surface area contributed by atoms with E-state index in [-0.39, 0.29) is 26.4 Å². The topological polar surface area (TPSA) is 87.0 Å². The molecule has 7 heteroatoms. The van der Waals surface area contributed by atoms with Crippen LogP contribution in [-0.4, -0.2) is 34.3 Å². The number of esters is 2. The third-order valence-electron chi connectivity index (χ3n) is 8.35. The van der Waals surface area contributed by atoms with Crippen molar-refractivity contribution in [3.8, 4) is 5.75 Å². The first kappa shape index (κ1) is 34.5. The van der Waals surface area contributed by atoms with Crippen LogP contribution in [0.1, 0.15) is 82.9 Å². The third kappa shape index (κ3) is 10.1. The van der Waals surface area contributed by atoms with Crippen molar-refractivity contribution in [3.63, 3.8) is 0 Å². The van der Waals surface area contributed by atoms with Gasteiger partial charge in [-0.15, -0.1) is 0 Å². The van der Waals surface area contributed by atoms with Gasteiger partial charge >= 0.3 is 11.9 Å². The number of carbonyl (C=O) groups is 2. The van der Waals surface area contributed by atoms with Crippen LogP contribution in [0.4, 0.5) is 0 Å². The number of hydrogen-bond acceptors (Lipinski definition) is 6. The smallest absolute Gasteiger partial charge is 0.340 e. The summed E-state index contributed by atoms with van der Waals surface area (Å²) in [5.41, 5.74) is 4.32. The summed E-state index contributed by atoms with van der Waals surface area (Å²) in [6.07, 6.45) is 9.49. The number of fused-ring (bicyclic) bond motifs is 1. The lowest BCUT2D eigenvalue weighted by molar-refractivity contribution is 0.0463. The maximum Gasteiger partial charge on any atom is 0.340 e. The Morgan fingerprint density at radius 2 is 1.33 bits per heavy atom. The molecule has 0 radical (unpaired) electrons. The molecule has 48 heavy (non-hydrogen) atoms. The Morgan fingerprint density at radius 1 is 0.708 bits per heavy atom. The lowest BCUT2D eigenvalue weighted by Gasteiger charge is -2.14. The fourth-order valence-electron chi connectivity index (χ4n) is 5.68. The lowest BCUT2D eigenvalue weighted by atomic mass is 10.0. The summed E-state index contributed by atoms with van der Waals surface area (Å²) >= 11 is 0. The van der Waals surface area contributed by atoms with Crippen molar-refractivity contribution in [1.29, 1.82) is 0 Å². The van der Waals surface area contributed by atoms with Gasteiger partial charge in [0.25, 0.3) is 0 Å². The zero-order chi connectivity index (χ0) is 33.6. The molecule has 5 rings (SSSR count). The molecular formula is C41H45NO6. The molecule has 7 nitrogen and oxygen atoms in total. The summed E-state index contributed by atoms with van der Waals surface area (Å²) < 4.78 is 18.9. The number of carbonyl (C=O) groups excluding carboxylic acids is 2. The molecule has 0 saturated carbocycles. The van der Waals surface area contributed by atoms with Gasteiger partial charge in [-0.3, -0.25) is 0 Å². The predicted molar refractivity (Wildman–Crippen MR) is 188 cm³/mol. The van der Waals surface area contributed by atoms with Gasteiger partial charge in [0, 0.05) is 17.1 Å². The van der Waals surface area contributed by atoms with E-state index in [2.05, 4.69) is 19.1 Å². The standard InChI is InChI=1S/C41H45NO6/c1-2-3-4-5-6-9-14-31-19-22-36(23-20-31)46-30-35(43)26-42-27-38(41(45)48-29-33-17-12-8-13-18-33)37-25-34(21-24-39(37)42)40(44)47-28-32-15-10-7-11-16-32/h7-8,10-13,15-25,27,35,43H,2-6,9,14,26,28-30H2,1H3. The highest BCUT2D eigenvalue weighted by Crippen LogP contribution is 2.26. The summed E-state index contributed by atoms with van der Waals surface area (Å²) in [7, 11) is 0. The summed E-state index contributed by atoms with van der Waals surface area (Å²) in [6, 6.07) is 32.0. The van der Waals surface area contributed by atoms with Crippen molar-refractivity contribution in [2.24, 2.45) is 0 Å². The van der Waals surface area contributed by atoms with Crippen LogP contribution in [0.2, 0.25) is 0 Å². The Bertz CT molecular complexity index is 1730. The average Bonchev–Trinajstić information content (AvgIpc) is 3.48. The summed E-state index contributed by atoms with van der Waals surface area (Å²) in [6.45, 7) is 2.74. The highest BCUT2D eigenvalue weighted by molar-refractivity contribution is 6.06. The number of benzene rings is 4. The van der Waals surface area contributed by atoms with Crippen molar-refractivity contribution in [2.45, 2.75) is 77.7 Å². The Hall–Kier alpha value is -4.88. The van der Waals surface area contributed by atoms with Crippen molar-refractivity contribution in [1.82, 2.24) is 4.57 Å². The number of aryl methyl sites for hydroxylation is 1. The van der Waals surface area contributed by atoms with Crippen molar-refractivity contribution in [3.05, 3.63) is 137 Å². The van der Waals surface area contributed by atoms with Crippen LogP contribution < -0.4 is 4.74 Å². The Morgan fingerprint density at radius 3 is 2.00 bits per heavy atom. The van der Waals surface area contributed by atoms with Gasteiger partial charge in [0.05, 0.1) is 17.7 Å². The molecule has 5 aromatic rings. The Labute approximate surface area is 283 Å². The van der Waals surface area contributed by atoms with Gasteiger partial charge in [0.2, 0.25) is 0 Å². The molecule has 250 valence electrons. The second-order valence-corrected chi connectivity index (χ2v) is 12.2. The minimum Gasteiger partial charge on any atom is -0.491 e. The quantitative estimate of drug-likeness (QED) is 0.0756. The summed E-state index contributed by atoms with van der Waals surface area (Å²) in [4.78, 5) is 26.3. The number of unbranched alkanes of at least 4 members (excludes halogenated alkanes) is 5. The molecule has 0 amide bonds. The van der Waals surface area contributed by atoms with E-state index in [1.165, 1.54) is 44.1 Å². The van der Waals surface area contributed by atoms with Crippen LogP contribution in [-0.2, 0) is 35.7 Å². The predicted octanol–water partition coefficient (Wildman–Crippen LogP) is 8.70. The Balaban J connectivity index is 1.24. The van der Waals surface area contributed by atoms with E-state index in [0.717, 1.165) is 17.5 Å². The van der Waals surface area contributed by atoms with Crippen molar-refractivity contribution in [2.75, 3.05) is 6.61 Å². The molecule has 1 heterocycles. The average molecular weight is 648 g/mol. The molecule has 0 spiro atoms. The van der Waals surface area contributed by atoms with Crippen molar-refractivity contribution < 1.29 is 28.9 Å². The molecule has 0 fully saturated rings. The fraction of sp³-hybridized carbons (Fsp3) is 0.317. The number of ether oxygens (including phenoxy) is 3.